The van der Waals surface area contributed by atoms with Gasteiger partial charge in [0.1, 0.15) is 0 Å². The third-order valence-corrected chi connectivity index (χ3v) is 2.17. The second kappa shape index (κ2) is 6.51. The van der Waals surface area contributed by atoms with Crippen LogP contribution >= 0.6 is 0 Å². The topological polar surface area (TPSA) is 48.1 Å². The average molecular weight is 194 g/mol. The minimum Gasteiger partial charge on any atom is -0.385 e. The Morgan fingerprint density at radius 2 is 2.14 bits per heavy atom. The number of hydrogen-bond acceptors (Lipinski definition) is 3. The van der Waals surface area contributed by atoms with Crippen LogP contribution in [-0.2, 0) is 11.2 Å². The van der Waals surface area contributed by atoms with Crippen molar-refractivity contribution >= 4 is 0 Å². The van der Waals surface area contributed by atoms with Gasteiger partial charge in [0.15, 0.2) is 0 Å². The molecule has 3 heteroatoms. The Morgan fingerprint density at radius 3 is 2.79 bits per heavy atom. The fourth-order valence-corrected chi connectivity index (χ4v) is 1.41. The molecule has 0 aliphatic carbocycles. The summed E-state index contributed by atoms with van der Waals surface area (Å²) in [6, 6.07) is 4.25. The lowest BCUT2D eigenvalue weighted by molar-refractivity contribution is 0.190. The Kier molecular flexibility index (Phi) is 5.19. The van der Waals surface area contributed by atoms with Crippen molar-refractivity contribution < 1.29 is 4.74 Å². The predicted molar refractivity (Wildman–Crippen MR) is 57.0 cm³/mol. The van der Waals surface area contributed by atoms with Crippen molar-refractivity contribution in [2.75, 3.05) is 13.7 Å². The molecule has 0 aliphatic rings. The van der Waals surface area contributed by atoms with Gasteiger partial charge in [-0.15, -0.1) is 0 Å². The molecular formula is C11H18N2O. The first kappa shape index (κ1) is 11.1. The predicted octanol–water partition coefficient (Wildman–Crippen LogP) is 1.38. The summed E-state index contributed by atoms with van der Waals surface area (Å²) in [5, 5.41) is 0. The number of ether oxygens (including phenoxy) is 1. The molecule has 1 atom stereocenters. The minimum atomic E-state index is 0.229. The fourth-order valence-electron chi connectivity index (χ4n) is 1.41. The van der Waals surface area contributed by atoms with Gasteiger partial charge in [0.25, 0.3) is 0 Å². The number of pyridine rings is 1. The van der Waals surface area contributed by atoms with Crippen molar-refractivity contribution in [3.05, 3.63) is 30.1 Å². The van der Waals surface area contributed by atoms with E-state index < -0.39 is 0 Å². The molecule has 0 amide bonds. The van der Waals surface area contributed by atoms with Gasteiger partial charge in [0.05, 0.1) is 0 Å². The highest BCUT2D eigenvalue weighted by Crippen LogP contribution is 2.04. The molecule has 1 aromatic rings. The first-order chi connectivity index (χ1) is 6.83. The van der Waals surface area contributed by atoms with Crippen LogP contribution in [0.25, 0.3) is 0 Å². The van der Waals surface area contributed by atoms with Crippen molar-refractivity contribution in [1.29, 1.82) is 0 Å². The number of methoxy groups -OCH3 is 1. The summed E-state index contributed by atoms with van der Waals surface area (Å²) in [6.45, 7) is 0.796. The van der Waals surface area contributed by atoms with Crippen molar-refractivity contribution in [2.45, 2.75) is 25.3 Å². The molecule has 0 aliphatic heterocycles. The van der Waals surface area contributed by atoms with Crippen LogP contribution in [0.2, 0.25) is 0 Å². The third-order valence-electron chi connectivity index (χ3n) is 2.17. The van der Waals surface area contributed by atoms with E-state index in [1.165, 1.54) is 5.56 Å². The van der Waals surface area contributed by atoms with Crippen LogP contribution in [0.3, 0.4) is 0 Å². The Morgan fingerprint density at radius 1 is 1.43 bits per heavy atom. The monoisotopic (exact) mass is 194 g/mol. The van der Waals surface area contributed by atoms with Crippen LogP contribution in [0, 0.1) is 0 Å². The van der Waals surface area contributed by atoms with Crippen LogP contribution in [-0.4, -0.2) is 24.7 Å². The standard InChI is InChI=1S/C11H18N2O/c1-14-8-2-3-11(12)9-10-4-6-13-7-5-10/h4-7,11H,2-3,8-9,12H2,1H3. The van der Waals surface area contributed by atoms with Crippen molar-refractivity contribution in [3.8, 4) is 0 Å². The van der Waals surface area contributed by atoms with Crippen LogP contribution < -0.4 is 5.73 Å². The highest BCUT2D eigenvalue weighted by atomic mass is 16.5. The Labute approximate surface area is 85.3 Å². The quantitative estimate of drug-likeness (QED) is 0.696. The van der Waals surface area contributed by atoms with Crippen molar-refractivity contribution in [1.82, 2.24) is 4.98 Å². The summed E-state index contributed by atoms with van der Waals surface area (Å²) in [5.74, 6) is 0. The highest BCUT2D eigenvalue weighted by Gasteiger charge is 2.03. The molecule has 1 heterocycles. The Balaban J connectivity index is 2.23. The molecule has 1 unspecified atom stereocenters. The first-order valence-electron chi connectivity index (χ1n) is 4.96. The largest absolute Gasteiger partial charge is 0.385 e. The second-order valence-electron chi connectivity index (χ2n) is 3.45. The molecule has 0 fully saturated rings. The molecule has 3 nitrogen and oxygen atoms in total. The van der Waals surface area contributed by atoms with E-state index in [4.69, 9.17) is 10.5 Å². The van der Waals surface area contributed by atoms with E-state index in [2.05, 4.69) is 4.98 Å². The van der Waals surface area contributed by atoms with Gasteiger partial charge in [-0.2, -0.15) is 0 Å². The molecule has 0 aromatic carbocycles. The maximum atomic E-state index is 5.97. The summed E-state index contributed by atoms with van der Waals surface area (Å²) in [5.41, 5.74) is 7.23. The number of rotatable bonds is 6. The maximum Gasteiger partial charge on any atom is 0.0462 e. The molecule has 0 bridgehead atoms. The lowest BCUT2D eigenvalue weighted by Crippen LogP contribution is -2.23. The summed E-state index contributed by atoms with van der Waals surface area (Å²) >= 11 is 0. The lowest BCUT2D eigenvalue weighted by atomic mass is 10.0. The number of aromatic nitrogens is 1. The van der Waals surface area contributed by atoms with Crippen LogP contribution in [0.5, 0.6) is 0 Å². The lowest BCUT2D eigenvalue weighted by Gasteiger charge is -2.10. The zero-order chi connectivity index (χ0) is 10.2. The molecule has 2 N–H and O–H groups in total. The van der Waals surface area contributed by atoms with E-state index in [0.29, 0.717) is 0 Å². The summed E-state index contributed by atoms with van der Waals surface area (Å²) in [7, 11) is 1.72. The van der Waals surface area contributed by atoms with Crippen LogP contribution in [0.1, 0.15) is 18.4 Å². The van der Waals surface area contributed by atoms with Crippen molar-refractivity contribution in [3.63, 3.8) is 0 Å². The zero-order valence-corrected chi connectivity index (χ0v) is 8.65. The Bertz CT molecular complexity index is 238. The van der Waals surface area contributed by atoms with E-state index in [9.17, 15) is 0 Å². The van der Waals surface area contributed by atoms with Gasteiger partial charge >= 0.3 is 0 Å². The van der Waals surface area contributed by atoms with Gasteiger partial charge in [-0.1, -0.05) is 0 Å². The third kappa shape index (κ3) is 4.35. The SMILES string of the molecule is COCCCC(N)Cc1ccncc1. The average Bonchev–Trinajstić information content (AvgIpc) is 2.20. The second-order valence-corrected chi connectivity index (χ2v) is 3.45. The highest BCUT2D eigenvalue weighted by molar-refractivity contribution is 5.10. The van der Waals surface area contributed by atoms with Gasteiger partial charge in [-0.05, 0) is 37.0 Å². The molecule has 78 valence electrons. The van der Waals surface area contributed by atoms with E-state index in [1.54, 1.807) is 19.5 Å². The van der Waals surface area contributed by atoms with Crippen LogP contribution in [0.4, 0.5) is 0 Å². The summed E-state index contributed by atoms with van der Waals surface area (Å²) in [6.07, 6.45) is 6.57. The van der Waals surface area contributed by atoms with Gasteiger partial charge in [0, 0.05) is 32.2 Å². The molecule has 0 saturated carbocycles. The number of nitrogens with two attached hydrogens (primary N) is 1. The summed E-state index contributed by atoms with van der Waals surface area (Å²) < 4.78 is 4.98. The number of nitrogens with zero attached hydrogens (tertiary/aromatic N) is 1. The number of hydrogen-bond donors (Lipinski definition) is 1. The van der Waals surface area contributed by atoms with E-state index >= 15 is 0 Å². The van der Waals surface area contributed by atoms with E-state index in [-0.39, 0.29) is 6.04 Å². The molecule has 14 heavy (non-hydrogen) atoms. The normalized spacial score (nSPS) is 12.7. The molecule has 1 rings (SSSR count). The molecule has 1 aromatic heterocycles. The van der Waals surface area contributed by atoms with Gasteiger partial charge in [-0.3, -0.25) is 4.98 Å². The van der Waals surface area contributed by atoms with Gasteiger partial charge in [-0.25, -0.2) is 0 Å². The first-order valence-corrected chi connectivity index (χ1v) is 4.96. The van der Waals surface area contributed by atoms with Crippen molar-refractivity contribution in [2.24, 2.45) is 5.73 Å². The maximum absolute atomic E-state index is 5.97. The van der Waals surface area contributed by atoms with E-state index in [0.717, 1.165) is 25.9 Å². The molecular weight excluding hydrogens is 176 g/mol. The molecule has 0 spiro atoms. The fraction of sp³-hybridized carbons (Fsp3) is 0.545. The zero-order valence-electron chi connectivity index (χ0n) is 8.65. The van der Waals surface area contributed by atoms with Gasteiger partial charge in [0.2, 0.25) is 0 Å². The van der Waals surface area contributed by atoms with Crippen LogP contribution in [0.15, 0.2) is 24.5 Å². The summed E-state index contributed by atoms with van der Waals surface area (Å²) in [4.78, 5) is 3.97. The minimum absolute atomic E-state index is 0.229. The smallest absolute Gasteiger partial charge is 0.0462 e. The molecule has 0 saturated heterocycles. The van der Waals surface area contributed by atoms with E-state index in [1.807, 2.05) is 12.1 Å². The van der Waals surface area contributed by atoms with Gasteiger partial charge < -0.3 is 10.5 Å². The Hall–Kier alpha value is -0.930. The molecule has 0 radical (unpaired) electrons.